The molecule has 6 heteroatoms. The van der Waals surface area contributed by atoms with Crippen LogP contribution in [0.2, 0.25) is 0 Å². The second kappa shape index (κ2) is 3.77. The molecule has 0 saturated carbocycles. The summed E-state index contributed by atoms with van der Waals surface area (Å²) in [6.45, 7) is 0. The van der Waals surface area contributed by atoms with E-state index in [0.717, 1.165) is 0 Å². The van der Waals surface area contributed by atoms with Gasteiger partial charge in [0.1, 0.15) is 12.1 Å². The first-order valence-electron chi connectivity index (χ1n) is 3.40. The number of aliphatic carboxylic acids is 2. The Bertz CT molecular complexity index is 188. The normalized spacial score (nSPS) is 29.7. The molecule has 0 bridgehead atoms. The molecule has 3 N–H and O–H groups in total. The first kappa shape index (κ1) is 9.34. The fourth-order valence-electron chi connectivity index (χ4n) is 0.928. The molecule has 5 nitrogen and oxygen atoms in total. The number of nitrogens with one attached hydrogen (secondary N) is 1. The number of rotatable bonds is 2. The van der Waals surface area contributed by atoms with Gasteiger partial charge in [-0.15, -0.1) is 0 Å². The van der Waals surface area contributed by atoms with E-state index in [4.69, 9.17) is 10.2 Å². The summed E-state index contributed by atoms with van der Waals surface area (Å²) in [5.41, 5.74) is 0. The lowest BCUT2D eigenvalue weighted by molar-refractivity contribution is -0.141. The quantitative estimate of drug-likeness (QED) is 0.531. The largest absolute Gasteiger partial charge is 0.480 e. The highest BCUT2D eigenvalue weighted by atomic mass is 32.2. The SMILES string of the molecule is O=C(O)C1CSCC(C(=O)O)N1. The fraction of sp³-hybridized carbons (Fsp3) is 0.667. The maximum absolute atomic E-state index is 10.5. The Balaban J connectivity index is 2.51. The number of carboxylic acid groups (broad SMARTS) is 2. The molecule has 1 heterocycles. The van der Waals surface area contributed by atoms with Gasteiger partial charge in [0.05, 0.1) is 0 Å². The van der Waals surface area contributed by atoms with Gasteiger partial charge in [0, 0.05) is 11.5 Å². The topological polar surface area (TPSA) is 86.6 Å². The summed E-state index contributed by atoms with van der Waals surface area (Å²) in [7, 11) is 0. The molecule has 0 radical (unpaired) electrons. The third-order valence-corrected chi connectivity index (χ3v) is 2.71. The molecule has 12 heavy (non-hydrogen) atoms. The van der Waals surface area contributed by atoms with E-state index in [1.54, 1.807) is 0 Å². The van der Waals surface area contributed by atoms with Gasteiger partial charge in [0.2, 0.25) is 0 Å². The van der Waals surface area contributed by atoms with Crippen LogP contribution in [0.25, 0.3) is 0 Å². The van der Waals surface area contributed by atoms with Crippen molar-refractivity contribution >= 4 is 23.7 Å². The average Bonchev–Trinajstić information content (AvgIpc) is 2.04. The third kappa shape index (κ3) is 2.12. The maximum atomic E-state index is 10.5. The van der Waals surface area contributed by atoms with E-state index in [1.165, 1.54) is 11.8 Å². The van der Waals surface area contributed by atoms with E-state index in [1.807, 2.05) is 0 Å². The van der Waals surface area contributed by atoms with Crippen molar-refractivity contribution in [1.82, 2.24) is 5.32 Å². The standard InChI is InChI=1S/C6H9NO4S/c8-5(9)3-1-12-2-4(7-3)6(10)11/h3-4,7H,1-2H2,(H,8,9)(H,10,11). The van der Waals surface area contributed by atoms with Crippen LogP contribution in [-0.4, -0.2) is 45.7 Å². The Morgan fingerprint density at radius 2 is 1.58 bits per heavy atom. The highest BCUT2D eigenvalue weighted by Crippen LogP contribution is 2.12. The van der Waals surface area contributed by atoms with Crippen LogP contribution in [0, 0.1) is 0 Å². The molecular formula is C6H9NO4S. The number of hydrogen-bond acceptors (Lipinski definition) is 4. The van der Waals surface area contributed by atoms with Crippen LogP contribution in [0.4, 0.5) is 0 Å². The summed E-state index contributed by atoms with van der Waals surface area (Å²) >= 11 is 1.34. The van der Waals surface area contributed by atoms with E-state index in [0.29, 0.717) is 11.5 Å². The average molecular weight is 191 g/mol. The van der Waals surface area contributed by atoms with Gasteiger partial charge in [0.25, 0.3) is 0 Å². The Hall–Kier alpha value is -0.750. The van der Waals surface area contributed by atoms with Crippen LogP contribution in [0.1, 0.15) is 0 Å². The molecule has 0 aromatic carbocycles. The van der Waals surface area contributed by atoms with E-state index in [-0.39, 0.29) is 0 Å². The van der Waals surface area contributed by atoms with Gasteiger partial charge in [-0.05, 0) is 0 Å². The van der Waals surface area contributed by atoms with Gasteiger partial charge < -0.3 is 10.2 Å². The summed E-state index contributed by atoms with van der Waals surface area (Å²) in [5, 5.41) is 19.7. The molecule has 0 spiro atoms. The molecule has 68 valence electrons. The molecule has 0 aromatic heterocycles. The first-order valence-corrected chi connectivity index (χ1v) is 4.56. The summed E-state index contributed by atoms with van der Waals surface area (Å²) in [4.78, 5) is 20.9. The third-order valence-electron chi connectivity index (χ3n) is 1.57. The lowest BCUT2D eigenvalue weighted by Gasteiger charge is -2.24. The zero-order valence-electron chi connectivity index (χ0n) is 6.19. The molecule has 0 aromatic rings. The Morgan fingerprint density at radius 3 is 1.92 bits per heavy atom. The van der Waals surface area contributed by atoms with Crippen molar-refractivity contribution in [2.45, 2.75) is 12.1 Å². The minimum absolute atomic E-state index is 0.430. The predicted molar refractivity (Wildman–Crippen MR) is 43.3 cm³/mol. The lowest BCUT2D eigenvalue weighted by Crippen LogP contribution is -2.52. The van der Waals surface area contributed by atoms with Crippen LogP contribution in [-0.2, 0) is 9.59 Å². The summed E-state index contributed by atoms with van der Waals surface area (Å²) in [6, 6.07) is -1.46. The summed E-state index contributed by atoms with van der Waals surface area (Å²) < 4.78 is 0. The van der Waals surface area contributed by atoms with Gasteiger partial charge in [-0.25, -0.2) is 0 Å². The van der Waals surface area contributed by atoms with Crippen LogP contribution in [0.3, 0.4) is 0 Å². The molecule has 1 fully saturated rings. The van der Waals surface area contributed by atoms with Gasteiger partial charge in [-0.3, -0.25) is 14.9 Å². The minimum atomic E-state index is -0.992. The van der Waals surface area contributed by atoms with Crippen LogP contribution in [0.5, 0.6) is 0 Å². The maximum Gasteiger partial charge on any atom is 0.321 e. The predicted octanol–water partition coefficient (Wildman–Crippen LogP) is -0.771. The van der Waals surface area contributed by atoms with Gasteiger partial charge in [0.15, 0.2) is 0 Å². The Kier molecular flexibility index (Phi) is 2.93. The minimum Gasteiger partial charge on any atom is -0.480 e. The fourth-order valence-corrected chi connectivity index (χ4v) is 2.01. The van der Waals surface area contributed by atoms with Crippen molar-refractivity contribution < 1.29 is 19.8 Å². The number of carbonyl (C=O) groups is 2. The van der Waals surface area contributed by atoms with Crippen molar-refractivity contribution in [1.29, 1.82) is 0 Å². The van der Waals surface area contributed by atoms with Crippen molar-refractivity contribution in [3.8, 4) is 0 Å². The van der Waals surface area contributed by atoms with E-state index in [9.17, 15) is 9.59 Å². The second-order valence-corrected chi connectivity index (χ2v) is 3.56. The second-order valence-electron chi connectivity index (χ2n) is 2.49. The van der Waals surface area contributed by atoms with Crippen molar-refractivity contribution in [2.75, 3.05) is 11.5 Å². The molecule has 1 aliphatic heterocycles. The van der Waals surface area contributed by atoms with Crippen molar-refractivity contribution in [3.05, 3.63) is 0 Å². The van der Waals surface area contributed by atoms with Crippen LogP contribution in [0.15, 0.2) is 0 Å². The molecule has 2 atom stereocenters. The van der Waals surface area contributed by atoms with Gasteiger partial charge in [-0.2, -0.15) is 11.8 Å². The zero-order valence-corrected chi connectivity index (χ0v) is 7.00. The van der Waals surface area contributed by atoms with Crippen molar-refractivity contribution in [2.24, 2.45) is 0 Å². The van der Waals surface area contributed by atoms with E-state index < -0.39 is 24.0 Å². The highest BCUT2D eigenvalue weighted by Gasteiger charge is 2.30. The Morgan fingerprint density at radius 1 is 1.17 bits per heavy atom. The monoisotopic (exact) mass is 191 g/mol. The molecule has 1 aliphatic rings. The highest BCUT2D eigenvalue weighted by molar-refractivity contribution is 7.99. The zero-order chi connectivity index (χ0) is 9.14. The van der Waals surface area contributed by atoms with Crippen molar-refractivity contribution in [3.63, 3.8) is 0 Å². The first-order chi connectivity index (χ1) is 5.61. The molecule has 0 amide bonds. The molecule has 0 aliphatic carbocycles. The summed E-state index contributed by atoms with van der Waals surface area (Å²) in [6.07, 6.45) is 0. The number of carboxylic acids is 2. The molecule has 2 unspecified atom stereocenters. The number of thioether (sulfide) groups is 1. The van der Waals surface area contributed by atoms with Crippen LogP contribution >= 0.6 is 11.8 Å². The van der Waals surface area contributed by atoms with Crippen LogP contribution < -0.4 is 5.32 Å². The number of hydrogen-bond donors (Lipinski definition) is 3. The molecular weight excluding hydrogens is 182 g/mol. The summed E-state index contributed by atoms with van der Waals surface area (Å²) in [5.74, 6) is -1.12. The smallest absolute Gasteiger partial charge is 0.321 e. The van der Waals surface area contributed by atoms with E-state index in [2.05, 4.69) is 5.32 Å². The lowest BCUT2D eigenvalue weighted by atomic mass is 10.2. The Labute approximate surface area is 73.1 Å². The molecule has 1 saturated heterocycles. The van der Waals surface area contributed by atoms with E-state index >= 15 is 0 Å². The van der Waals surface area contributed by atoms with Gasteiger partial charge in [-0.1, -0.05) is 0 Å². The van der Waals surface area contributed by atoms with Gasteiger partial charge >= 0.3 is 11.9 Å². The molecule has 1 rings (SSSR count).